The summed E-state index contributed by atoms with van der Waals surface area (Å²) in [5.41, 5.74) is 17.5. The van der Waals surface area contributed by atoms with Gasteiger partial charge in [-0.1, -0.05) is 66.7 Å². The van der Waals surface area contributed by atoms with Gasteiger partial charge in [-0.3, -0.25) is 14.4 Å². The van der Waals surface area contributed by atoms with E-state index in [2.05, 4.69) is 10.3 Å². The normalized spacial score (nSPS) is 13.6. The number of aromatic amines is 1. The van der Waals surface area contributed by atoms with Gasteiger partial charge in [0.1, 0.15) is 5.54 Å². The number of rotatable bonds is 9. The summed E-state index contributed by atoms with van der Waals surface area (Å²) < 4.78 is 0. The van der Waals surface area contributed by atoms with E-state index in [1.54, 1.807) is 32.2 Å². The van der Waals surface area contributed by atoms with Crippen LogP contribution in [0.4, 0.5) is 0 Å². The highest BCUT2D eigenvalue weighted by molar-refractivity contribution is 6.24. The topological polar surface area (TPSA) is 157 Å². The fraction of sp³-hybridized carbons (Fsp3) is 0.258. The lowest BCUT2D eigenvalue weighted by atomic mass is 9.73. The highest BCUT2D eigenvalue weighted by Gasteiger charge is 2.48. The van der Waals surface area contributed by atoms with Crippen molar-refractivity contribution in [2.75, 3.05) is 0 Å². The van der Waals surface area contributed by atoms with Gasteiger partial charge in [-0.15, -0.1) is 0 Å². The smallest absolute Gasteiger partial charge is 0.254 e. The van der Waals surface area contributed by atoms with E-state index in [1.165, 1.54) is 19.9 Å². The molecule has 0 aliphatic heterocycles. The van der Waals surface area contributed by atoms with Gasteiger partial charge in [-0.25, -0.2) is 0 Å². The number of amides is 1. The maximum absolute atomic E-state index is 14.5. The SMILES string of the molecule is CC(C)(N)NC(=O)c1c(C(=O)C(N)(Cc2c[nH]c3ccccc23)C(=O)C(C)(C)N)cccc1-c1ccccc1. The average Bonchev–Trinajstić information content (AvgIpc) is 3.28. The van der Waals surface area contributed by atoms with Crippen LogP contribution in [0.1, 0.15) is 54.0 Å². The van der Waals surface area contributed by atoms with Gasteiger partial charge in [0, 0.05) is 29.1 Å². The maximum atomic E-state index is 14.5. The van der Waals surface area contributed by atoms with Crippen LogP contribution in [0.15, 0.2) is 79.0 Å². The number of hydrogen-bond acceptors (Lipinski definition) is 6. The quantitative estimate of drug-likeness (QED) is 0.127. The van der Waals surface area contributed by atoms with Gasteiger partial charge in [-0.2, -0.15) is 0 Å². The molecule has 3 aromatic carbocycles. The Morgan fingerprint density at radius 1 is 0.821 bits per heavy atom. The van der Waals surface area contributed by atoms with E-state index in [1.807, 2.05) is 54.6 Å². The van der Waals surface area contributed by atoms with Crippen molar-refractivity contribution in [1.82, 2.24) is 10.3 Å². The van der Waals surface area contributed by atoms with Gasteiger partial charge >= 0.3 is 0 Å². The van der Waals surface area contributed by atoms with Crippen LogP contribution in [0.25, 0.3) is 22.0 Å². The number of nitrogens with two attached hydrogens (primary N) is 3. The second-order valence-electron chi connectivity index (χ2n) is 11.2. The molecule has 1 amide bonds. The first-order valence-electron chi connectivity index (χ1n) is 12.7. The fourth-order valence-corrected chi connectivity index (χ4v) is 4.86. The van der Waals surface area contributed by atoms with E-state index in [0.717, 1.165) is 16.5 Å². The van der Waals surface area contributed by atoms with Gasteiger partial charge in [0.2, 0.25) is 0 Å². The van der Waals surface area contributed by atoms with Crippen LogP contribution in [0, 0.1) is 0 Å². The van der Waals surface area contributed by atoms with Crippen LogP contribution in [-0.4, -0.2) is 39.2 Å². The number of benzene rings is 3. The summed E-state index contributed by atoms with van der Waals surface area (Å²) in [7, 11) is 0. The molecule has 0 spiro atoms. The number of carbonyl (C=O) groups excluding carboxylic acids is 3. The molecule has 1 heterocycles. The van der Waals surface area contributed by atoms with E-state index in [-0.39, 0.29) is 17.5 Å². The lowest BCUT2D eigenvalue weighted by Gasteiger charge is -2.33. The Morgan fingerprint density at radius 2 is 1.46 bits per heavy atom. The van der Waals surface area contributed by atoms with Crippen molar-refractivity contribution >= 4 is 28.4 Å². The summed E-state index contributed by atoms with van der Waals surface area (Å²) in [5.74, 6) is -1.89. The van der Waals surface area contributed by atoms with Crippen molar-refractivity contribution in [3.05, 3.63) is 95.7 Å². The standard InChI is InChI=1S/C31H35N5O3/c1-29(2,32)28(39)31(34,17-20-18-35-24-16-9-8-13-21(20)24)26(37)23-15-10-14-22(19-11-6-5-7-12-19)25(23)27(38)36-30(3,4)33/h5-16,18,35H,17,32-34H2,1-4H3,(H,36,38). The van der Waals surface area contributed by atoms with Crippen LogP contribution in [0.2, 0.25) is 0 Å². The van der Waals surface area contributed by atoms with Crippen molar-refractivity contribution in [2.45, 2.75) is 50.9 Å². The molecular weight excluding hydrogens is 490 g/mol. The van der Waals surface area contributed by atoms with E-state index in [0.29, 0.717) is 11.1 Å². The first kappa shape index (κ1) is 27.9. The van der Waals surface area contributed by atoms with Crippen molar-refractivity contribution in [2.24, 2.45) is 17.2 Å². The molecular formula is C31H35N5O3. The summed E-state index contributed by atoms with van der Waals surface area (Å²) >= 11 is 0. The molecule has 8 N–H and O–H groups in total. The number of para-hydroxylation sites is 1. The zero-order valence-corrected chi connectivity index (χ0v) is 22.7. The number of aromatic nitrogens is 1. The highest BCUT2D eigenvalue weighted by atomic mass is 16.2. The lowest BCUT2D eigenvalue weighted by Crippen LogP contribution is -2.65. The summed E-state index contributed by atoms with van der Waals surface area (Å²) in [6.07, 6.45) is 1.62. The number of H-pyrrole nitrogens is 1. The third-order valence-electron chi connectivity index (χ3n) is 6.60. The monoisotopic (exact) mass is 525 g/mol. The molecule has 202 valence electrons. The molecule has 8 nitrogen and oxygen atoms in total. The van der Waals surface area contributed by atoms with Crippen LogP contribution in [-0.2, 0) is 11.2 Å². The molecule has 4 rings (SSSR count). The Balaban J connectivity index is 1.93. The van der Waals surface area contributed by atoms with Crippen molar-refractivity contribution < 1.29 is 14.4 Å². The molecule has 0 aliphatic carbocycles. The number of ketones is 2. The molecule has 0 saturated heterocycles. The van der Waals surface area contributed by atoms with Gasteiger partial charge in [0.15, 0.2) is 11.6 Å². The Bertz CT molecular complexity index is 1540. The zero-order chi connectivity index (χ0) is 28.6. The third-order valence-corrected chi connectivity index (χ3v) is 6.60. The van der Waals surface area contributed by atoms with Crippen LogP contribution >= 0.6 is 0 Å². The number of hydrogen-bond donors (Lipinski definition) is 5. The average molecular weight is 526 g/mol. The molecule has 0 bridgehead atoms. The van der Waals surface area contributed by atoms with Gasteiger partial charge in [0.05, 0.1) is 16.8 Å². The Kier molecular flexibility index (Phi) is 7.32. The van der Waals surface area contributed by atoms with E-state index >= 15 is 0 Å². The van der Waals surface area contributed by atoms with Gasteiger partial charge in [0.25, 0.3) is 5.91 Å². The fourth-order valence-electron chi connectivity index (χ4n) is 4.86. The first-order chi connectivity index (χ1) is 18.2. The Hall–Kier alpha value is -4.11. The van der Waals surface area contributed by atoms with E-state index in [4.69, 9.17) is 17.2 Å². The number of Topliss-reactive ketones (excluding diaryl/α,β-unsaturated/α-hetero) is 2. The minimum atomic E-state index is -2.06. The second kappa shape index (κ2) is 10.2. The molecule has 0 fully saturated rings. The molecule has 1 unspecified atom stereocenters. The van der Waals surface area contributed by atoms with Gasteiger partial charge in [-0.05, 0) is 50.5 Å². The van der Waals surface area contributed by atoms with Crippen molar-refractivity contribution in [3.8, 4) is 11.1 Å². The van der Waals surface area contributed by atoms with Crippen molar-refractivity contribution in [3.63, 3.8) is 0 Å². The summed E-state index contributed by atoms with van der Waals surface area (Å²) in [5, 5.41) is 3.59. The molecule has 39 heavy (non-hydrogen) atoms. The van der Waals surface area contributed by atoms with Crippen LogP contribution in [0.5, 0.6) is 0 Å². The molecule has 0 radical (unpaired) electrons. The van der Waals surface area contributed by atoms with Gasteiger partial charge < -0.3 is 27.5 Å². The van der Waals surface area contributed by atoms with Crippen LogP contribution in [0.3, 0.4) is 0 Å². The minimum absolute atomic E-state index is 0.0121. The summed E-state index contributed by atoms with van der Waals surface area (Å²) in [6.45, 7) is 6.32. The van der Waals surface area contributed by atoms with E-state index in [9.17, 15) is 14.4 Å². The highest BCUT2D eigenvalue weighted by Crippen LogP contribution is 2.32. The van der Waals surface area contributed by atoms with E-state index < -0.39 is 34.2 Å². The third kappa shape index (κ3) is 5.68. The number of nitrogens with one attached hydrogen (secondary N) is 2. The largest absolute Gasteiger partial charge is 0.361 e. The Labute approximate surface area is 228 Å². The molecule has 4 aromatic rings. The molecule has 0 saturated carbocycles. The van der Waals surface area contributed by atoms with Crippen LogP contribution < -0.4 is 22.5 Å². The maximum Gasteiger partial charge on any atom is 0.254 e. The minimum Gasteiger partial charge on any atom is -0.361 e. The first-order valence-corrected chi connectivity index (χ1v) is 12.7. The predicted molar refractivity (Wildman–Crippen MR) is 154 cm³/mol. The summed E-state index contributed by atoms with van der Waals surface area (Å²) in [4.78, 5) is 45.1. The second-order valence-corrected chi connectivity index (χ2v) is 11.2. The predicted octanol–water partition coefficient (Wildman–Crippen LogP) is 3.69. The molecule has 1 aromatic heterocycles. The zero-order valence-electron chi connectivity index (χ0n) is 22.7. The molecule has 0 aliphatic rings. The number of fused-ring (bicyclic) bond motifs is 1. The lowest BCUT2D eigenvalue weighted by molar-refractivity contribution is -0.126. The molecule has 8 heteroatoms. The Morgan fingerprint density at radius 3 is 2.10 bits per heavy atom. The number of carbonyl (C=O) groups is 3. The summed E-state index contributed by atoms with van der Waals surface area (Å²) in [6, 6.07) is 21.7. The van der Waals surface area contributed by atoms with Crippen molar-refractivity contribution in [1.29, 1.82) is 0 Å². The molecule has 1 atom stereocenters.